The molecule has 140 valence electrons. The first-order valence-corrected chi connectivity index (χ1v) is 9.23. The number of nitrogens with one attached hydrogen (secondary N) is 1. The smallest absolute Gasteiger partial charge is 0.222 e. The Morgan fingerprint density at radius 2 is 2.15 bits per heavy atom. The third-order valence-electron chi connectivity index (χ3n) is 4.90. The van der Waals surface area contributed by atoms with Crippen LogP contribution in [0.2, 0.25) is 0 Å². The summed E-state index contributed by atoms with van der Waals surface area (Å²) in [4.78, 5) is 18.2. The van der Waals surface area contributed by atoms with Crippen LogP contribution in [0.4, 0.5) is 0 Å². The van der Waals surface area contributed by atoms with E-state index in [9.17, 15) is 4.79 Å². The fraction of sp³-hybridized carbons (Fsp3) is 0.350. The number of benzene rings is 1. The van der Waals surface area contributed by atoms with Crippen LogP contribution in [0.3, 0.4) is 0 Å². The number of carbonyl (C=O) groups is 1. The van der Waals surface area contributed by atoms with Crippen LogP contribution in [-0.2, 0) is 24.3 Å². The Hall–Kier alpha value is -2.93. The lowest BCUT2D eigenvalue weighted by Gasteiger charge is -2.14. The van der Waals surface area contributed by atoms with Crippen LogP contribution in [-0.4, -0.2) is 50.8 Å². The molecular weight excluding hydrogens is 340 g/mol. The van der Waals surface area contributed by atoms with Gasteiger partial charge in [-0.05, 0) is 24.1 Å². The van der Waals surface area contributed by atoms with E-state index in [0.717, 1.165) is 42.4 Å². The number of hydrogen-bond acceptors (Lipinski definition) is 4. The summed E-state index contributed by atoms with van der Waals surface area (Å²) in [5, 5.41) is 8.11. The molecule has 1 aliphatic heterocycles. The fourth-order valence-electron chi connectivity index (χ4n) is 3.41. The zero-order chi connectivity index (χ0) is 18.8. The summed E-state index contributed by atoms with van der Waals surface area (Å²) in [5.74, 6) is 0.952. The van der Waals surface area contributed by atoms with Crippen molar-refractivity contribution in [2.75, 3.05) is 20.6 Å². The minimum absolute atomic E-state index is 0.130. The second kappa shape index (κ2) is 7.36. The Morgan fingerprint density at radius 1 is 1.30 bits per heavy atom. The Bertz CT molecular complexity index is 932. The first-order valence-electron chi connectivity index (χ1n) is 9.23. The molecule has 0 saturated heterocycles. The predicted molar refractivity (Wildman–Crippen MR) is 104 cm³/mol. The van der Waals surface area contributed by atoms with Crippen LogP contribution in [0.5, 0.6) is 0 Å². The van der Waals surface area contributed by atoms with Gasteiger partial charge in [-0.2, -0.15) is 5.10 Å². The number of fused-ring (bicyclic) bond motifs is 1. The number of aromatic nitrogens is 4. The van der Waals surface area contributed by atoms with Gasteiger partial charge in [0, 0.05) is 46.0 Å². The normalized spacial score (nSPS) is 13.4. The van der Waals surface area contributed by atoms with E-state index in [4.69, 9.17) is 5.10 Å². The Kier molecular flexibility index (Phi) is 4.77. The average molecular weight is 364 g/mol. The number of para-hydroxylation sites is 1. The maximum Gasteiger partial charge on any atom is 0.222 e. The Balaban J connectivity index is 1.67. The quantitative estimate of drug-likeness (QED) is 0.750. The third-order valence-corrected chi connectivity index (χ3v) is 4.90. The lowest BCUT2D eigenvalue weighted by Crippen LogP contribution is -2.28. The van der Waals surface area contributed by atoms with Crippen molar-refractivity contribution in [3.8, 4) is 17.2 Å². The van der Waals surface area contributed by atoms with Crippen molar-refractivity contribution >= 4 is 5.91 Å². The molecule has 4 rings (SSSR count). The summed E-state index contributed by atoms with van der Waals surface area (Å²) in [6.07, 6.45) is 4.93. The molecular formula is C20H24N6O. The predicted octanol–water partition coefficient (Wildman–Crippen LogP) is 1.86. The van der Waals surface area contributed by atoms with Crippen molar-refractivity contribution in [2.45, 2.75) is 25.9 Å². The Labute approximate surface area is 158 Å². The van der Waals surface area contributed by atoms with Crippen LogP contribution in [0.1, 0.15) is 17.7 Å². The van der Waals surface area contributed by atoms with Gasteiger partial charge in [0.1, 0.15) is 5.69 Å². The van der Waals surface area contributed by atoms with E-state index in [2.05, 4.69) is 33.1 Å². The zero-order valence-corrected chi connectivity index (χ0v) is 15.7. The maximum atomic E-state index is 12.0. The summed E-state index contributed by atoms with van der Waals surface area (Å²) in [6, 6.07) is 10.3. The number of aryl methyl sites for hydroxylation is 1. The third kappa shape index (κ3) is 3.50. The van der Waals surface area contributed by atoms with Gasteiger partial charge in [0.2, 0.25) is 5.91 Å². The standard InChI is InChI=1S/C20H24N6O/c1-24(2)19(27)8-7-15-5-3-4-6-18(15)25-11-10-22-20(25)17-13-16-14-21-9-12-26(16)23-17/h3-6,10-11,13,21H,7-9,12,14H2,1-2H3. The molecule has 2 aromatic heterocycles. The molecule has 3 heterocycles. The van der Waals surface area contributed by atoms with Gasteiger partial charge in [0.05, 0.1) is 17.9 Å². The van der Waals surface area contributed by atoms with Crippen molar-refractivity contribution < 1.29 is 4.79 Å². The first kappa shape index (κ1) is 17.5. The van der Waals surface area contributed by atoms with Gasteiger partial charge >= 0.3 is 0 Å². The monoisotopic (exact) mass is 364 g/mol. The number of hydrogen-bond donors (Lipinski definition) is 1. The molecule has 3 aromatic rings. The molecule has 7 heteroatoms. The summed E-state index contributed by atoms with van der Waals surface area (Å²) in [5.41, 5.74) is 4.21. The molecule has 0 fully saturated rings. The largest absolute Gasteiger partial charge is 0.349 e. The molecule has 0 unspecified atom stereocenters. The molecule has 27 heavy (non-hydrogen) atoms. The molecule has 0 radical (unpaired) electrons. The van der Waals surface area contributed by atoms with Gasteiger partial charge in [-0.15, -0.1) is 0 Å². The second-order valence-electron chi connectivity index (χ2n) is 6.96. The SMILES string of the molecule is CN(C)C(=O)CCc1ccccc1-n1ccnc1-c1cc2n(n1)CCNC2. The highest BCUT2D eigenvalue weighted by molar-refractivity contribution is 5.76. The van der Waals surface area contributed by atoms with Gasteiger partial charge in [-0.25, -0.2) is 4.98 Å². The van der Waals surface area contributed by atoms with E-state index < -0.39 is 0 Å². The van der Waals surface area contributed by atoms with Gasteiger partial charge in [0.25, 0.3) is 0 Å². The molecule has 0 aliphatic carbocycles. The molecule has 0 bridgehead atoms. The van der Waals surface area contributed by atoms with Crippen LogP contribution < -0.4 is 5.32 Å². The van der Waals surface area contributed by atoms with Gasteiger partial charge in [-0.1, -0.05) is 18.2 Å². The molecule has 1 N–H and O–H groups in total. The van der Waals surface area contributed by atoms with Crippen molar-refractivity contribution in [3.63, 3.8) is 0 Å². The molecule has 1 aliphatic rings. The fourth-order valence-corrected chi connectivity index (χ4v) is 3.41. The van der Waals surface area contributed by atoms with Crippen molar-refractivity contribution in [1.29, 1.82) is 0 Å². The van der Waals surface area contributed by atoms with Crippen molar-refractivity contribution in [1.82, 2.24) is 29.5 Å². The van der Waals surface area contributed by atoms with Crippen molar-refractivity contribution in [2.24, 2.45) is 0 Å². The Morgan fingerprint density at radius 3 is 2.96 bits per heavy atom. The minimum Gasteiger partial charge on any atom is -0.349 e. The summed E-state index contributed by atoms with van der Waals surface area (Å²) in [7, 11) is 3.58. The van der Waals surface area contributed by atoms with E-state index >= 15 is 0 Å². The summed E-state index contributed by atoms with van der Waals surface area (Å²) in [6.45, 7) is 2.64. The maximum absolute atomic E-state index is 12.0. The highest BCUT2D eigenvalue weighted by Gasteiger charge is 2.18. The van der Waals surface area contributed by atoms with E-state index in [0.29, 0.717) is 12.8 Å². The van der Waals surface area contributed by atoms with Crippen LogP contribution >= 0.6 is 0 Å². The number of carbonyl (C=O) groups excluding carboxylic acids is 1. The molecule has 0 atom stereocenters. The lowest BCUT2D eigenvalue weighted by molar-refractivity contribution is -0.128. The van der Waals surface area contributed by atoms with Crippen molar-refractivity contribution in [3.05, 3.63) is 54.0 Å². The van der Waals surface area contributed by atoms with Crippen LogP contribution in [0.15, 0.2) is 42.7 Å². The number of amides is 1. The second-order valence-corrected chi connectivity index (χ2v) is 6.96. The molecule has 7 nitrogen and oxygen atoms in total. The summed E-state index contributed by atoms with van der Waals surface area (Å²) < 4.78 is 4.11. The number of rotatable bonds is 5. The minimum atomic E-state index is 0.130. The highest BCUT2D eigenvalue weighted by atomic mass is 16.2. The van der Waals surface area contributed by atoms with E-state index in [-0.39, 0.29) is 5.91 Å². The average Bonchev–Trinajstić information content (AvgIpc) is 3.32. The zero-order valence-electron chi connectivity index (χ0n) is 15.7. The molecule has 0 saturated carbocycles. The van der Waals surface area contributed by atoms with E-state index in [1.165, 1.54) is 5.69 Å². The number of imidazole rings is 1. The van der Waals surface area contributed by atoms with Crippen LogP contribution in [0, 0.1) is 0 Å². The topological polar surface area (TPSA) is 68.0 Å². The lowest BCUT2D eigenvalue weighted by atomic mass is 10.1. The molecule has 0 spiro atoms. The van der Waals surface area contributed by atoms with Crippen LogP contribution in [0.25, 0.3) is 17.2 Å². The van der Waals surface area contributed by atoms with E-state index in [1.807, 2.05) is 23.0 Å². The van der Waals surface area contributed by atoms with Gasteiger partial charge in [0.15, 0.2) is 5.82 Å². The van der Waals surface area contributed by atoms with E-state index in [1.54, 1.807) is 25.2 Å². The summed E-state index contributed by atoms with van der Waals surface area (Å²) >= 11 is 0. The van der Waals surface area contributed by atoms with Gasteiger partial charge in [-0.3, -0.25) is 14.0 Å². The van der Waals surface area contributed by atoms with Gasteiger partial charge < -0.3 is 10.2 Å². The number of nitrogens with zero attached hydrogens (tertiary/aromatic N) is 5. The molecule has 1 amide bonds. The highest BCUT2D eigenvalue weighted by Crippen LogP contribution is 2.25. The first-order chi connectivity index (χ1) is 13.1. The molecule has 1 aromatic carbocycles.